The van der Waals surface area contributed by atoms with E-state index in [9.17, 15) is 22.8 Å². The molecule has 1 aromatic rings. The number of anilines is 1. The minimum Gasteiger partial charge on any atom is -0.406 e. The number of hydrogen-bond acceptors (Lipinski definition) is 3. The van der Waals surface area contributed by atoms with Crippen molar-refractivity contribution in [3.63, 3.8) is 0 Å². The zero-order valence-corrected chi connectivity index (χ0v) is 11.8. The van der Waals surface area contributed by atoms with Gasteiger partial charge in [-0.3, -0.25) is 9.59 Å². The second-order valence-electron chi connectivity index (χ2n) is 4.89. The molecule has 1 saturated heterocycles. The Morgan fingerprint density at radius 2 is 2.00 bits per heavy atom. The number of carbonyl (C=O) groups excluding carboxylic acids is 2. The van der Waals surface area contributed by atoms with Crippen molar-refractivity contribution in [2.45, 2.75) is 19.7 Å². The number of benzene rings is 1. The monoisotopic (exact) mass is 316 g/mol. The fourth-order valence-electron chi connectivity index (χ4n) is 2.24. The molecule has 2 amide bonds. The quantitative estimate of drug-likeness (QED) is 0.928. The van der Waals surface area contributed by atoms with Gasteiger partial charge in [0.2, 0.25) is 11.8 Å². The Hall–Kier alpha value is -2.25. The van der Waals surface area contributed by atoms with Crippen molar-refractivity contribution in [3.05, 3.63) is 24.3 Å². The molecule has 1 aliphatic rings. The molecule has 1 atom stereocenters. The summed E-state index contributed by atoms with van der Waals surface area (Å²) < 4.78 is 39.8. The number of nitrogens with zero attached hydrogens (tertiary/aromatic N) is 1. The second-order valence-corrected chi connectivity index (χ2v) is 4.89. The highest BCUT2D eigenvalue weighted by Gasteiger charge is 2.33. The van der Waals surface area contributed by atoms with Crippen LogP contribution in [0.3, 0.4) is 0 Å². The minimum atomic E-state index is -4.75. The summed E-state index contributed by atoms with van der Waals surface area (Å²) in [5.74, 6) is -1.21. The number of rotatable bonds is 4. The molecule has 22 heavy (non-hydrogen) atoms. The fourth-order valence-corrected chi connectivity index (χ4v) is 2.24. The van der Waals surface area contributed by atoms with E-state index in [-0.39, 0.29) is 24.0 Å². The standard InChI is InChI=1S/C14H15F3N2O3/c1-2-19-8-9(7-12(19)20)13(21)18-10-3-5-11(6-4-10)22-14(15,16)17/h3-6,9H,2,7-8H2,1H3,(H,18,21). The minimum absolute atomic E-state index is 0.0726. The Kier molecular flexibility index (Phi) is 4.58. The van der Waals surface area contributed by atoms with Crippen molar-refractivity contribution in [1.82, 2.24) is 4.90 Å². The Labute approximate surface area is 125 Å². The van der Waals surface area contributed by atoms with Crippen LogP contribution in [0.25, 0.3) is 0 Å². The van der Waals surface area contributed by atoms with E-state index in [0.29, 0.717) is 18.8 Å². The molecular weight excluding hydrogens is 301 g/mol. The van der Waals surface area contributed by atoms with Gasteiger partial charge in [-0.15, -0.1) is 13.2 Å². The number of halogens is 3. The van der Waals surface area contributed by atoms with Crippen LogP contribution in [0.15, 0.2) is 24.3 Å². The zero-order chi connectivity index (χ0) is 16.3. The van der Waals surface area contributed by atoms with Gasteiger partial charge in [0, 0.05) is 25.2 Å². The van der Waals surface area contributed by atoms with E-state index < -0.39 is 12.3 Å². The molecule has 1 N–H and O–H groups in total. The van der Waals surface area contributed by atoms with Crippen LogP contribution >= 0.6 is 0 Å². The van der Waals surface area contributed by atoms with Gasteiger partial charge in [0.25, 0.3) is 0 Å². The molecule has 1 heterocycles. The van der Waals surface area contributed by atoms with E-state index in [1.54, 1.807) is 4.90 Å². The first-order valence-electron chi connectivity index (χ1n) is 6.73. The maximum Gasteiger partial charge on any atom is 0.573 e. The van der Waals surface area contributed by atoms with Crippen LogP contribution in [0.5, 0.6) is 5.75 Å². The lowest BCUT2D eigenvalue weighted by molar-refractivity contribution is -0.274. The molecule has 0 bridgehead atoms. The van der Waals surface area contributed by atoms with Crippen LogP contribution in [-0.2, 0) is 9.59 Å². The lowest BCUT2D eigenvalue weighted by atomic mass is 10.1. The molecule has 0 spiro atoms. The highest BCUT2D eigenvalue weighted by molar-refractivity contribution is 5.97. The third-order valence-electron chi connectivity index (χ3n) is 3.32. The first-order valence-corrected chi connectivity index (χ1v) is 6.73. The van der Waals surface area contributed by atoms with Gasteiger partial charge in [0.1, 0.15) is 5.75 Å². The zero-order valence-electron chi connectivity index (χ0n) is 11.8. The third-order valence-corrected chi connectivity index (χ3v) is 3.32. The predicted molar refractivity (Wildman–Crippen MR) is 72.1 cm³/mol. The van der Waals surface area contributed by atoms with E-state index in [1.807, 2.05) is 6.92 Å². The van der Waals surface area contributed by atoms with Gasteiger partial charge in [-0.05, 0) is 31.2 Å². The highest BCUT2D eigenvalue weighted by atomic mass is 19.4. The lowest BCUT2D eigenvalue weighted by Crippen LogP contribution is -2.28. The smallest absolute Gasteiger partial charge is 0.406 e. The van der Waals surface area contributed by atoms with Crippen molar-refractivity contribution in [1.29, 1.82) is 0 Å². The second kappa shape index (κ2) is 6.25. The van der Waals surface area contributed by atoms with Crippen molar-refractivity contribution in [2.75, 3.05) is 18.4 Å². The summed E-state index contributed by atoms with van der Waals surface area (Å²) in [4.78, 5) is 25.2. The Morgan fingerprint density at radius 1 is 1.36 bits per heavy atom. The van der Waals surface area contributed by atoms with Crippen molar-refractivity contribution in [3.8, 4) is 5.75 Å². The van der Waals surface area contributed by atoms with Crippen molar-refractivity contribution >= 4 is 17.5 Å². The fraction of sp³-hybridized carbons (Fsp3) is 0.429. The average Bonchev–Trinajstić information content (AvgIpc) is 2.81. The molecule has 1 unspecified atom stereocenters. The number of carbonyl (C=O) groups is 2. The molecule has 0 saturated carbocycles. The van der Waals surface area contributed by atoms with Crippen LogP contribution in [0, 0.1) is 5.92 Å². The molecule has 0 radical (unpaired) electrons. The molecule has 120 valence electrons. The van der Waals surface area contributed by atoms with Crippen molar-refractivity contribution in [2.24, 2.45) is 5.92 Å². The number of nitrogens with one attached hydrogen (secondary N) is 1. The number of hydrogen-bond donors (Lipinski definition) is 1. The largest absolute Gasteiger partial charge is 0.573 e. The number of ether oxygens (including phenoxy) is 1. The van der Waals surface area contributed by atoms with E-state index >= 15 is 0 Å². The Balaban J connectivity index is 1.94. The summed E-state index contributed by atoms with van der Waals surface area (Å²) in [6.45, 7) is 2.74. The molecule has 1 aromatic carbocycles. The molecule has 0 aliphatic carbocycles. The predicted octanol–water partition coefficient (Wildman–Crippen LogP) is 2.39. The maximum atomic E-state index is 12.0. The molecular formula is C14H15F3N2O3. The molecule has 5 nitrogen and oxygen atoms in total. The summed E-state index contributed by atoms with van der Waals surface area (Å²) in [6, 6.07) is 4.85. The normalized spacial score (nSPS) is 18.5. The molecule has 0 aromatic heterocycles. The Morgan fingerprint density at radius 3 is 2.50 bits per heavy atom. The molecule has 2 rings (SSSR count). The molecule has 1 fully saturated rings. The van der Waals surface area contributed by atoms with Gasteiger partial charge in [0.05, 0.1) is 5.92 Å². The third kappa shape index (κ3) is 4.12. The van der Waals surface area contributed by atoms with E-state index in [0.717, 1.165) is 12.1 Å². The summed E-state index contributed by atoms with van der Waals surface area (Å²) in [5.41, 5.74) is 0.349. The van der Waals surface area contributed by atoms with Crippen molar-refractivity contribution < 1.29 is 27.5 Å². The van der Waals surface area contributed by atoms with Gasteiger partial charge in [-0.1, -0.05) is 0 Å². The Bertz CT molecular complexity index is 557. The number of amides is 2. The van der Waals surface area contributed by atoms with Gasteiger partial charge in [0.15, 0.2) is 0 Å². The topological polar surface area (TPSA) is 58.6 Å². The van der Waals surface area contributed by atoms with Crippen LogP contribution in [-0.4, -0.2) is 36.2 Å². The summed E-state index contributed by atoms with van der Waals surface area (Å²) in [6.07, 6.45) is -4.60. The van der Waals surface area contributed by atoms with Gasteiger partial charge < -0.3 is 15.0 Å². The van der Waals surface area contributed by atoms with Gasteiger partial charge >= 0.3 is 6.36 Å². The van der Waals surface area contributed by atoms with Crippen LogP contribution in [0.2, 0.25) is 0 Å². The number of likely N-dealkylation sites (tertiary alicyclic amines) is 1. The van der Waals surface area contributed by atoms with Gasteiger partial charge in [-0.25, -0.2) is 0 Å². The van der Waals surface area contributed by atoms with Crippen LogP contribution in [0.1, 0.15) is 13.3 Å². The van der Waals surface area contributed by atoms with Gasteiger partial charge in [-0.2, -0.15) is 0 Å². The summed E-state index contributed by atoms with van der Waals surface area (Å²) in [7, 11) is 0. The molecule has 1 aliphatic heterocycles. The van der Waals surface area contributed by atoms with E-state index in [1.165, 1.54) is 12.1 Å². The van der Waals surface area contributed by atoms with Crippen LogP contribution < -0.4 is 10.1 Å². The maximum absolute atomic E-state index is 12.0. The average molecular weight is 316 g/mol. The first kappa shape index (κ1) is 16.1. The first-order chi connectivity index (χ1) is 10.3. The SMILES string of the molecule is CCN1CC(C(=O)Nc2ccc(OC(F)(F)F)cc2)CC1=O. The van der Waals surface area contributed by atoms with E-state index in [4.69, 9.17) is 0 Å². The lowest BCUT2D eigenvalue weighted by Gasteiger charge is -2.14. The highest BCUT2D eigenvalue weighted by Crippen LogP contribution is 2.25. The molecule has 8 heteroatoms. The summed E-state index contributed by atoms with van der Waals surface area (Å²) in [5, 5.41) is 2.58. The van der Waals surface area contributed by atoms with Crippen LogP contribution in [0.4, 0.5) is 18.9 Å². The van der Waals surface area contributed by atoms with E-state index in [2.05, 4.69) is 10.1 Å². The summed E-state index contributed by atoms with van der Waals surface area (Å²) >= 11 is 0. The number of alkyl halides is 3.